The standard InChI is InChI=1S/C30H25ClF4N4O4/c1-2-38-25(17-41-16-18-7-4-3-5-8-18)37-39(30(38)40)20-13-19-11-12-36-29(43-27-21(31)9-6-10-22(27)33)26(19)23(14-20)42-24(15-32)28(34)35/h3-14,24,28H,2,15-17H2,1H3. The molecule has 0 amide bonds. The Hall–Kier alpha value is -4.42. The lowest BCUT2D eigenvalue weighted by Gasteiger charge is -2.19. The van der Waals surface area contributed by atoms with Gasteiger partial charge in [-0.25, -0.2) is 27.3 Å². The Bertz CT molecular complexity index is 1760. The highest BCUT2D eigenvalue weighted by Gasteiger charge is 2.26. The quantitative estimate of drug-likeness (QED) is 0.142. The number of para-hydroxylation sites is 1. The monoisotopic (exact) mass is 616 g/mol. The first-order valence-electron chi connectivity index (χ1n) is 13.2. The number of hydrogen-bond acceptors (Lipinski definition) is 6. The van der Waals surface area contributed by atoms with Gasteiger partial charge in [-0.2, -0.15) is 4.68 Å². The largest absolute Gasteiger partial charge is 0.481 e. The van der Waals surface area contributed by atoms with Gasteiger partial charge in [0.15, 0.2) is 23.5 Å². The topological polar surface area (TPSA) is 80.4 Å². The van der Waals surface area contributed by atoms with E-state index in [0.717, 1.165) is 16.3 Å². The SMILES string of the molecule is CCn1c(COCc2ccccc2)nn(-c2cc(OC(CF)C(F)F)c3c(Oc4c(F)cccc4Cl)nccc3c2)c1=O. The fourth-order valence-corrected chi connectivity index (χ4v) is 4.58. The second-order valence-corrected chi connectivity index (χ2v) is 9.70. The number of alkyl halides is 3. The van der Waals surface area contributed by atoms with Crippen molar-refractivity contribution in [1.29, 1.82) is 0 Å². The zero-order valence-electron chi connectivity index (χ0n) is 22.7. The van der Waals surface area contributed by atoms with Gasteiger partial charge in [-0.1, -0.05) is 48.0 Å². The molecule has 5 rings (SSSR count). The number of rotatable bonds is 12. The summed E-state index contributed by atoms with van der Waals surface area (Å²) in [7, 11) is 0. The van der Waals surface area contributed by atoms with Crippen LogP contribution in [0, 0.1) is 5.82 Å². The van der Waals surface area contributed by atoms with Crippen LogP contribution in [-0.4, -0.2) is 38.5 Å². The van der Waals surface area contributed by atoms with E-state index in [9.17, 15) is 22.4 Å². The molecule has 0 fully saturated rings. The molecule has 13 heteroatoms. The van der Waals surface area contributed by atoms with Crippen molar-refractivity contribution in [2.75, 3.05) is 6.67 Å². The van der Waals surface area contributed by atoms with Crippen molar-refractivity contribution in [1.82, 2.24) is 19.3 Å². The third kappa shape index (κ3) is 6.50. The van der Waals surface area contributed by atoms with Gasteiger partial charge in [-0.05, 0) is 42.1 Å². The van der Waals surface area contributed by atoms with Crippen LogP contribution in [0.15, 0.2) is 77.7 Å². The number of nitrogens with zero attached hydrogens (tertiary/aromatic N) is 4. The number of halogens is 5. The molecule has 2 aromatic heterocycles. The van der Waals surface area contributed by atoms with Gasteiger partial charge in [0.2, 0.25) is 5.88 Å². The Morgan fingerprint density at radius 2 is 1.81 bits per heavy atom. The van der Waals surface area contributed by atoms with Crippen molar-refractivity contribution < 1.29 is 31.8 Å². The molecule has 0 saturated heterocycles. The first-order chi connectivity index (χ1) is 20.8. The van der Waals surface area contributed by atoms with Crippen LogP contribution in [0.4, 0.5) is 17.6 Å². The molecule has 2 heterocycles. The molecule has 0 aliphatic carbocycles. The van der Waals surface area contributed by atoms with E-state index in [4.69, 9.17) is 25.8 Å². The summed E-state index contributed by atoms with van der Waals surface area (Å²) in [5.74, 6) is -1.34. The molecule has 43 heavy (non-hydrogen) atoms. The maximum atomic E-state index is 14.5. The molecule has 0 bridgehead atoms. The molecule has 0 radical (unpaired) electrons. The molecule has 0 saturated carbocycles. The van der Waals surface area contributed by atoms with Crippen molar-refractivity contribution in [3.05, 3.63) is 106 Å². The second-order valence-electron chi connectivity index (χ2n) is 9.29. The lowest BCUT2D eigenvalue weighted by molar-refractivity contribution is -0.000432. The van der Waals surface area contributed by atoms with Crippen molar-refractivity contribution in [2.24, 2.45) is 0 Å². The van der Waals surface area contributed by atoms with E-state index in [1.165, 1.54) is 41.1 Å². The summed E-state index contributed by atoms with van der Waals surface area (Å²) in [6.45, 7) is 0.843. The summed E-state index contributed by atoms with van der Waals surface area (Å²) >= 11 is 6.11. The molecular weight excluding hydrogens is 592 g/mol. The van der Waals surface area contributed by atoms with Gasteiger partial charge in [0.05, 0.1) is 22.7 Å². The van der Waals surface area contributed by atoms with Crippen LogP contribution in [0.2, 0.25) is 5.02 Å². The molecule has 224 valence electrons. The summed E-state index contributed by atoms with van der Waals surface area (Å²) in [6.07, 6.45) is -3.99. The maximum Gasteiger partial charge on any atom is 0.350 e. The van der Waals surface area contributed by atoms with Gasteiger partial charge >= 0.3 is 5.69 Å². The van der Waals surface area contributed by atoms with Crippen molar-refractivity contribution in [2.45, 2.75) is 39.2 Å². The smallest absolute Gasteiger partial charge is 0.350 e. The Morgan fingerprint density at radius 1 is 1.02 bits per heavy atom. The molecule has 0 aliphatic heterocycles. The third-order valence-electron chi connectivity index (χ3n) is 6.45. The second kappa shape index (κ2) is 13.3. The average molecular weight is 617 g/mol. The highest BCUT2D eigenvalue weighted by atomic mass is 35.5. The number of hydrogen-bond donors (Lipinski definition) is 0. The molecule has 0 N–H and O–H groups in total. The fourth-order valence-electron chi connectivity index (χ4n) is 4.38. The molecule has 1 unspecified atom stereocenters. The number of pyridine rings is 1. The van der Waals surface area contributed by atoms with Gasteiger partial charge in [-0.15, -0.1) is 5.10 Å². The molecule has 0 spiro atoms. The van der Waals surface area contributed by atoms with Gasteiger partial charge in [-0.3, -0.25) is 4.57 Å². The first-order valence-corrected chi connectivity index (χ1v) is 13.5. The zero-order chi connectivity index (χ0) is 30.5. The van der Waals surface area contributed by atoms with E-state index in [0.29, 0.717) is 17.8 Å². The Morgan fingerprint density at radius 3 is 2.51 bits per heavy atom. The van der Waals surface area contributed by atoms with E-state index >= 15 is 0 Å². The molecule has 8 nitrogen and oxygen atoms in total. The summed E-state index contributed by atoms with van der Waals surface area (Å²) in [6, 6.07) is 17.6. The number of aromatic nitrogens is 4. The van der Waals surface area contributed by atoms with Crippen LogP contribution in [0.5, 0.6) is 17.4 Å². The minimum absolute atomic E-state index is 0.0164. The van der Waals surface area contributed by atoms with Crippen molar-refractivity contribution >= 4 is 22.4 Å². The van der Waals surface area contributed by atoms with E-state index in [1.54, 1.807) is 6.92 Å². The van der Waals surface area contributed by atoms with Crippen LogP contribution in [0.1, 0.15) is 18.3 Å². The van der Waals surface area contributed by atoms with Crippen LogP contribution in [0.25, 0.3) is 16.5 Å². The lowest BCUT2D eigenvalue weighted by atomic mass is 10.1. The zero-order valence-corrected chi connectivity index (χ0v) is 23.5. The summed E-state index contributed by atoms with van der Waals surface area (Å²) < 4.78 is 74.6. The predicted molar refractivity (Wildman–Crippen MR) is 152 cm³/mol. The van der Waals surface area contributed by atoms with Gasteiger partial charge in [0.25, 0.3) is 6.43 Å². The molecule has 3 aromatic carbocycles. The number of benzene rings is 3. The van der Waals surface area contributed by atoms with Crippen molar-refractivity contribution in [3.63, 3.8) is 0 Å². The average Bonchev–Trinajstić information content (AvgIpc) is 3.32. The van der Waals surface area contributed by atoms with Gasteiger partial charge < -0.3 is 14.2 Å². The third-order valence-corrected chi connectivity index (χ3v) is 6.75. The molecular formula is C30H25ClF4N4O4. The fraction of sp³-hybridized carbons (Fsp3) is 0.233. The molecule has 5 aromatic rings. The molecule has 1 atom stereocenters. The first kappa shape index (κ1) is 30.1. The number of fused-ring (bicyclic) bond motifs is 1. The highest BCUT2D eigenvalue weighted by molar-refractivity contribution is 6.32. The number of ether oxygens (including phenoxy) is 3. The van der Waals surface area contributed by atoms with Crippen LogP contribution in [-0.2, 0) is 24.5 Å². The lowest BCUT2D eigenvalue weighted by Crippen LogP contribution is -2.28. The van der Waals surface area contributed by atoms with E-state index in [2.05, 4.69) is 10.1 Å². The van der Waals surface area contributed by atoms with E-state index in [-0.39, 0.29) is 46.6 Å². The van der Waals surface area contributed by atoms with Crippen LogP contribution < -0.4 is 15.2 Å². The van der Waals surface area contributed by atoms with Crippen LogP contribution in [0.3, 0.4) is 0 Å². The summed E-state index contributed by atoms with van der Waals surface area (Å²) in [5, 5.41) is 4.69. The Balaban J connectivity index is 1.58. The van der Waals surface area contributed by atoms with Gasteiger partial charge in [0.1, 0.15) is 19.0 Å². The minimum Gasteiger partial charge on any atom is -0.481 e. The Labute approximate surface area is 248 Å². The summed E-state index contributed by atoms with van der Waals surface area (Å²) in [4.78, 5) is 17.5. The van der Waals surface area contributed by atoms with E-state index in [1.807, 2.05) is 30.3 Å². The normalized spacial score (nSPS) is 12.2. The maximum absolute atomic E-state index is 14.5. The van der Waals surface area contributed by atoms with Crippen LogP contribution >= 0.6 is 11.6 Å². The summed E-state index contributed by atoms with van der Waals surface area (Å²) in [5.41, 5.74) is 0.552. The van der Waals surface area contributed by atoms with Gasteiger partial charge in [0, 0.05) is 18.8 Å². The minimum atomic E-state index is -3.18. The Kier molecular flexibility index (Phi) is 9.27. The predicted octanol–water partition coefficient (Wildman–Crippen LogP) is 6.89. The van der Waals surface area contributed by atoms with Crippen molar-refractivity contribution in [3.8, 4) is 23.1 Å². The highest BCUT2D eigenvalue weighted by Crippen LogP contribution is 2.40. The van der Waals surface area contributed by atoms with E-state index < -0.39 is 30.7 Å². The molecule has 0 aliphatic rings.